The number of halogens is 1. The highest BCUT2D eigenvalue weighted by Gasteiger charge is 2.25. The Kier molecular flexibility index (Phi) is 4.15. The van der Waals surface area contributed by atoms with Gasteiger partial charge in [0, 0.05) is 28.3 Å². The van der Waals surface area contributed by atoms with Gasteiger partial charge in [0.25, 0.3) is 5.91 Å². The molecule has 1 aliphatic heterocycles. The van der Waals surface area contributed by atoms with Crippen LogP contribution in [0, 0.1) is 3.57 Å². The van der Waals surface area contributed by atoms with Gasteiger partial charge in [-0.05, 0) is 77.0 Å². The molecule has 0 N–H and O–H groups in total. The van der Waals surface area contributed by atoms with Crippen molar-refractivity contribution in [1.82, 2.24) is 0 Å². The summed E-state index contributed by atoms with van der Waals surface area (Å²) in [5.74, 6) is 0.0388. The second-order valence-electron chi connectivity index (χ2n) is 5.10. The molecule has 0 fully saturated rings. The van der Waals surface area contributed by atoms with Crippen LogP contribution < -0.4 is 9.64 Å². The van der Waals surface area contributed by atoms with E-state index < -0.39 is 0 Å². The summed E-state index contributed by atoms with van der Waals surface area (Å²) in [5.41, 5.74) is 2.77. The lowest BCUT2D eigenvalue weighted by Gasteiger charge is -2.17. The van der Waals surface area contributed by atoms with Gasteiger partial charge in [-0.1, -0.05) is 0 Å². The molecule has 0 bridgehead atoms. The zero-order valence-corrected chi connectivity index (χ0v) is 14.2. The minimum atomic E-state index is -0.373. The van der Waals surface area contributed by atoms with Crippen LogP contribution in [0.4, 0.5) is 5.69 Å². The van der Waals surface area contributed by atoms with E-state index in [1.165, 1.54) is 16.1 Å². The van der Waals surface area contributed by atoms with E-state index in [1.807, 2.05) is 12.1 Å². The molecule has 3 rings (SSSR count). The average Bonchev–Trinajstić information content (AvgIpc) is 2.89. The molecule has 0 atom stereocenters. The lowest BCUT2D eigenvalue weighted by atomic mass is 10.1. The van der Waals surface area contributed by atoms with Gasteiger partial charge in [-0.25, -0.2) is 0 Å². The largest absolute Gasteiger partial charge is 0.427 e. The minimum Gasteiger partial charge on any atom is -0.427 e. The van der Waals surface area contributed by atoms with Crippen molar-refractivity contribution < 1.29 is 14.3 Å². The molecule has 2 aromatic rings. The van der Waals surface area contributed by atoms with Crippen LogP contribution in [0.15, 0.2) is 42.5 Å². The van der Waals surface area contributed by atoms with E-state index in [0.29, 0.717) is 17.9 Å². The van der Waals surface area contributed by atoms with Gasteiger partial charge in [-0.15, -0.1) is 0 Å². The average molecular weight is 407 g/mol. The van der Waals surface area contributed by atoms with E-state index in [0.717, 1.165) is 12.1 Å². The van der Waals surface area contributed by atoms with Gasteiger partial charge in [0.1, 0.15) is 5.75 Å². The van der Waals surface area contributed by atoms with Crippen molar-refractivity contribution in [2.45, 2.75) is 13.3 Å². The summed E-state index contributed by atoms with van der Waals surface area (Å²) in [6, 6.07) is 12.8. The number of benzene rings is 2. The standard InChI is InChI=1S/C17H14INO3/c1-11(20)22-15-5-2-12(3-6-15)17(21)19-9-8-13-10-14(18)4-7-16(13)19/h2-7,10H,8-9H2,1H3. The molecule has 4 nitrogen and oxygen atoms in total. The molecule has 2 aromatic carbocycles. The van der Waals surface area contributed by atoms with Gasteiger partial charge in [-0.2, -0.15) is 0 Å². The highest BCUT2D eigenvalue weighted by atomic mass is 127. The Bertz CT molecular complexity index is 740. The van der Waals surface area contributed by atoms with Crippen molar-refractivity contribution in [3.8, 4) is 5.75 Å². The molecule has 0 spiro atoms. The van der Waals surface area contributed by atoms with Crippen LogP contribution in [-0.4, -0.2) is 18.4 Å². The monoisotopic (exact) mass is 407 g/mol. The van der Waals surface area contributed by atoms with Gasteiger partial charge in [0.05, 0.1) is 0 Å². The van der Waals surface area contributed by atoms with Crippen LogP contribution in [0.1, 0.15) is 22.8 Å². The topological polar surface area (TPSA) is 46.6 Å². The second-order valence-corrected chi connectivity index (χ2v) is 6.34. The third-order valence-electron chi connectivity index (χ3n) is 3.55. The summed E-state index contributed by atoms with van der Waals surface area (Å²) in [4.78, 5) is 25.4. The Balaban J connectivity index is 1.82. The first kappa shape index (κ1) is 15.0. The normalized spacial score (nSPS) is 12.9. The Morgan fingerprint density at radius 3 is 2.55 bits per heavy atom. The number of fused-ring (bicyclic) bond motifs is 1. The second kappa shape index (κ2) is 6.08. The van der Waals surface area contributed by atoms with Gasteiger partial charge in [-0.3, -0.25) is 9.59 Å². The maximum Gasteiger partial charge on any atom is 0.308 e. The van der Waals surface area contributed by atoms with Crippen molar-refractivity contribution in [2.24, 2.45) is 0 Å². The molecule has 0 aliphatic carbocycles. The van der Waals surface area contributed by atoms with Crippen molar-refractivity contribution in [2.75, 3.05) is 11.4 Å². The van der Waals surface area contributed by atoms with Crippen LogP contribution in [0.2, 0.25) is 0 Å². The van der Waals surface area contributed by atoms with E-state index in [4.69, 9.17) is 4.74 Å². The molecule has 0 radical (unpaired) electrons. The maximum absolute atomic E-state index is 12.6. The Morgan fingerprint density at radius 1 is 1.14 bits per heavy atom. The molecular weight excluding hydrogens is 393 g/mol. The molecule has 22 heavy (non-hydrogen) atoms. The van der Waals surface area contributed by atoms with Crippen molar-refractivity contribution >= 4 is 40.2 Å². The predicted molar refractivity (Wildman–Crippen MR) is 92.3 cm³/mol. The van der Waals surface area contributed by atoms with E-state index in [2.05, 4.69) is 28.7 Å². The molecule has 5 heteroatoms. The lowest BCUT2D eigenvalue weighted by molar-refractivity contribution is -0.131. The van der Waals surface area contributed by atoms with Gasteiger partial charge >= 0.3 is 5.97 Å². The van der Waals surface area contributed by atoms with Crippen LogP contribution in [-0.2, 0) is 11.2 Å². The number of amides is 1. The Hall–Kier alpha value is -1.89. The summed E-state index contributed by atoms with van der Waals surface area (Å²) < 4.78 is 6.16. The number of carbonyl (C=O) groups is 2. The molecule has 1 heterocycles. The quantitative estimate of drug-likeness (QED) is 0.436. The SMILES string of the molecule is CC(=O)Oc1ccc(C(=O)N2CCc3cc(I)ccc32)cc1. The van der Waals surface area contributed by atoms with Crippen molar-refractivity contribution in [1.29, 1.82) is 0 Å². The van der Waals surface area contributed by atoms with E-state index in [9.17, 15) is 9.59 Å². The van der Waals surface area contributed by atoms with Crippen LogP contribution >= 0.6 is 22.6 Å². The highest BCUT2D eigenvalue weighted by molar-refractivity contribution is 14.1. The maximum atomic E-state index is 12.6. The Labute approximate surface area is 142 Å². The van der Waals surface area contributed by atoms with Crippen LogP contribution in [0.25, 0.3) is 0 Å². The third kappa shape index (κ3) is 2.99. The number of hydrogen-bond donors (Lipinski definition) is 0. The summed E-state index contributed by atoms with van der Waals surface area (Å²) in [6.07, 6.45) is 0.878. The fraction of sp³-hybridized carbons (Fsp3) is 0.176. The number of ether oxygens (including phenoxy) is 1. The molecule has 0 saturated heterocycles. The number of esters is 1. The minimum absolute atomic E-state index is 0.0330. The smallest absolute Gasteiger partial charge is 0.308 e. The summed E-state index contributed by atoms with van der Waals surface area (Å²) in [5, 5.41) is 0. The van der Waals surface area contributed by atoms with Crippen molar-refractivity contribution in [3.05, 3.63) is 57.2 Å². The highest BCUT2D eigenvalue weighted by Crippen LogP contribution is 2.30. The number of rotatable bonds is 2. The number of anilines is 1. The summed E-state index contributed by atoms with van der Waals surface area (Å²) in [6.45, 7) is 2.04. The summed E-state index contributed by atoms with van der Waals surface area (Å²) in [7, 11) is 0. The molecule has 0 saturated carbocycles. The zero-order chi connectivity index (χ0) is 15.7. The fourth-order valence-electron chi connectivity index (χ4n) is 2.57. The third-order valence-corrected chi connectivity index (χ3v) is 4.22. The predicted octanol–water partition coefficient (Wildman–Crippen LogP) is 3.42. The molecular formula is C17H14INO3. The van der Waals surface area contributed by atoms with E-state index >= 15 is 0 Å². The fourth-order valence-corrected chi connectivity index (χ4v) is 3.12. The first-order valence-corrected chi connectivity index (χ1v) is 8.01. The molecule has 1 amide bonds. The molecule has 112 valence electrons. The molecule has 1 aliphatic rings. The Morgan fingerprint density at radius 2 is 1.86 bits per heavy atom. The van der Waals surface area contributed by atoms with Crippen molar-refractivity contribution in [3.63, 3.8) is 0 Å². The first-order valence-electron chi connectivity index (χ1n) is 6.93. The van der Waals surface area contributed by atoms with Gasteiger partial charge < -0.3 is 9.64 Å². The lowest BCUT2D eigenvalue weighted by Crippen LogP contribution is -2.28. The van der Waals surface area contributed by atoms with Crippen LogP contribution in [0.5, 0.6) is 5.75 Å². The molecule has 0 aromatic heterocycles. The first-order chi connectivity index (χ1) is 10.5. The number of carbonyl (C=O) groups excluding carboxylic acids is 2. The summed E-state index contributed by atoms with van der Waals surface area (Å²) >= 11 is 2.28. The van der Waals surface area contributed by atoms with Crippen LogP contribution in [0.3, 0.4) is 0 Å². The molecule has 0 unspecified atom stereocenters. The van der Waals surface area contributed by atoms with E-state index in [-0.39, 0.29) is 11.9 Å². The van der Waals surface area contributed by atoms with Gasteiger partial charge in [0.2, 0.25) is 0 Å². The van der Waals surface area contributed by atoms with E-state index in [1.54, 1.807) is 29.2 Å². The zero-order valence-electron chi connectivity index (χ0n) is 12.0. The number of nitrogens with zero attached hydrogens (tertiary/aromatic N) is 1. The number of hydrogen-bond acceptors (Lipinski definition) is 3. The van der Waals surface area contributed by atoms with Gasteiger partial charge in [0.15, 0.2) is 0 Å².